The Labute approximate surface area is 71.4 Å². The predicted molar refractivity (Wildman–Crippen MR) is 44.2 cm³/mol. The van der Waals surface area contributed by atoms with E-state index in [1.54, 1.807) is 13.1 Å². The molecule has 0 atom stereocenters. The standard InChI is InChI=1S/C6H6BrNOS/c1-4(9)2-5-3-8-6(7)10-5/h3H,2H2,1H3. The third-order valence-electron chi connectivity index (χ3n) is 0.949. The third kappa shape index (κ3) is 2.19. The Morgan fingerprint density at radius 1 is 1.90 bits per heavy atom. The minimum atomic E-state index is 0.177. The first-order chi connectivity index (χ1) is 4.68. The molecule has 1 rings (SSSR count). The van der Waals surface area contributed by atoms with E-state index < -0.39 is 0 Å². The molecule has 1 heterocycles. The normalized spacial score (nSPS) is 9.80. The van der Waals surface area contributed by atoms with Gasteiger partial charge in [0.15, 0.2) is 3.92 Å². The Morgan fingerprint density at radius 2 is 2.60 bits per heavy atom. The zero-order valence-corrected chi connectivity index (χ0v) is 7.83. The Bertz CT molecular complexity index is 246. The van der Waals surface area contributed by atoms with Crippen molar-refractivity contribution in [2.45, 2.75) is 13.3 Å². The number of rotatable bonds is 2. The van der Waals surface area contributed by atoms with Crippen LogP contribution in [-0.4, -0.2) is 10.8 Å². The van der Waals surface area contributed by atoms with E-state index in [0.29, 0.717) is 6.42 Å². The van der Waals surface area contributed by atoms with Gasteiger partial charge in [-0.1, -0.05) is 0 Å². The second kappa shape index (κ2) is 3.25. The van der Waals surface area contributed by atoms with Crippen LogP contribution in [0.2, 0.25) is 0 Å². The van der Waals surface area contributed by atoms with Crippen LogP contribution in [0.25, 0.3) is 0 Å². The molecule has 54 valence electrons. The van der Waals surface area contributed by atoms with E-state index in [2.05, 4.69) is 20.9 Å². The smallest absolute Gasteiger partial charge is 0.159 e. The summed E-state index contributed by atoms with van der Waals surface area (Å²) in [5.41, 5.74) is 0. The van der Waals surface area contributed by atoms with Gasteiger partial charge in [0.1, 0.15) is 5.78 Å². The number of halogens is 1. The molecule has 0 N–H and O–H groups in total. The van der Waals surface area contributed by atoms with E-state index >= 15 is 0 Å². The molecule has 0 aliphatic rings. The Balaban J connectivity index is 2.67. The fourth-order valence-corrected chi connectivity index (χ4v) is 2.04. The van der Waals surface area contributed by atoms with Gasteiger partial charge in [0.25, 0.3) is 0 Å². The summed E-state index contributed by atoms with van der Waals surface area (Å²) in [7, 11) is 0. The van der Waals surface area contributed by atoms with Crippen molar-refractivity contribution in [1.29, 1.82) is 0 Å². The fraction of sp³-hybridized carbons (Fsp3) is 0.333. The van der Waals surface area contributed by atoms with Crippen molar-refractivity contribution in [2.24, 2.45) is 0 Å². The molecule has 0 fully saturated rings. The molecule has 0 spiro atoms. The molecule has 10 heavy (non-hydrogen) atoms. The molecule has 0 aliphatic carbocycles. The van der Waals surface area contributed by atoms with Crippen molar-refractivity contribution in [3.05, 3.63) is 15.0 Å². The second-order valence-electron chi connectivity index (χ2n) is 1.96. The zero-order valence-electron chi connectivity index (χ0n) is 5.43. The molecule has 1 aromatic heterocycles. The molecule has 0 aromatic carbocycles. The van der Waals surface area contributed by atoms with E-state index in [9.17, 15) is 4.79 Å². The molecule has 0 aliphatic heterocycles. The average molecular weight is 220 g/mol. The second-order valence-corrected chi connectivity index (χ2v) is 4.35. The minimum Gasteiger partial charge on any atom is -0.300 e. The summed E-state index contributed by atoms with van der Waals surface area (Å²) < 4.78 is 0.837. The van der Waals surface area contributed by atoms with Gasteiger partial charge in [-0.3, -0.25) is 4.79 Å². The first-order valence-corrected chi connectivity index (χ1v) is 4.39. The van der Waals surface area contributed by atoms with Gasteiger partial charge < -0.3 is 0 Å². The van der Waals surface area contributed by atoms with Crippen LogP contribution in [0, 0.1) is 0 Å². The van der Waals surface area contributed by atoms with Crippen LogP contribution in [0.5, 0.6) is 0 Å². The number of carbonyl (C=O) groups is 1. The van der Waals surface area contributed by atoms with Crippen molar-refractivity contribution in [1.82, 2.24) is 4.98 Å². The largest absolute Gasteiger partial charge is 0.300 e. The summed E-state index contributed by atoms with van der Waals surface area (Å²) in [5, 5.41) is 0. The highest BCUT2D eigenvalue weighted by atomic mass is 79.9. The minimum absolute atomic E-state index is 0.177. The molecule has 0 unspecified atom stereocenters. The van der Waals surface area contributed by atoms with Crippen LogP contribution in [0.4, 0.5) is 0 Å². The molecule has 0 saturated heterocycles. The van der Waals surface area contributed by atoms with Gasteiger partial charge >= 0.3 is 0 Å². The first-order valence-electron chi connectivity index (χ1n) is 2.78. The van der Waals surface area contributed by atoms with Crippen LogP contribution in [0.15, 0.2) is 10.1 Å². The summed E-state index contributed by atoms with van der Waals surface area (Å²) in [6.45, 7) is 1.58. The van der Waals surface area contributed by atoms with Crippen LogP contribution in [0.1, 0.15) is 11.8 Å². The van der Waals surface area contributed by atoms with E-state index in [-0.39, 0.29) is 5.78 Å². The van der Waals surface area contributed by atoms with Crippen LogP contribution in [0.3, 0.4) is 0 Å². The molecule has 1 aromatic rings. The Kier molecular flexibility index (Phi) is 2.56. The van der Waals surface area contributed by atoms with Crippen molar-refractivity contribution in [3.8, 4) is 0 Å². The van der Waals surface area contributed by atoms with Gasteiger partial charge in [-0.15, -0.1) is 11.3 Å². The topological polar surface area (TPSA) is 30.0 Å². The number of Topliss-reactive ketones (excluding diaryl/α,β-unsaturated/α-hetero) is 1. The maximum Gasteiger partial charge on any atom is 0.159 e. The molecular weight excluding hydrogens is 214 g/mol. The predicted octanol–water partition coefficient (Wildman–Crippen LogP) is 2.04. The highest BCUT2D eigenvalue weighted by molar-refractivity contribution is 9.11. The summed E-state index contributed by atoms with van der Waals surface area (Å²) in [6, 6.07) is 0. The van der Waals surface area contributed by atoms with Crippen LogP contribution < -0.4 is 0 Å². The Hall–Kier alpha value is -0.220. The molecule has 0 saturated carbocycles. The lowest BCUT2D eigenvalue weighted by Crippen LogP contribution is -1.92. The van der Waals surface area contributed by atoms with Gasteiger partial charge in [-0.2, -0.15) is 0 Å². The number of hydrogen-bond acceptors (Lipinski definition) is 3. The van der Waals surface area contributed by atoms with Crippen molar-refractivity contribution in [2.75, 3.05) is 0 Å². The Morgan fingerprint density at radius 3 is 3.00 bits per heavy atom. The van der Waals surface area contributed by atoms with Crippen LogP contribution >= 0.6 is 27.3 Å². The van der Waals surface area contributed by atoms with Crippen LogP contribution in [-0.2, 0) is 11.2 Å². The van der Waals surface area contributed by atoms with Crippen molar-refractivity contribution >= 4 is 33.0 Å². The highest BCUT2D eigenvalue weighted by Crippen LogP contribution is 2.18. The molecule has 4 heteroatoms. The maximum atomic E-state index is 10.6. The third-order valence-corrected chi connectivity index (χ3v) is 2.42. The van der Waals surface area contributed by atoms with E-state index in [4.69, 9.17) is 0 Å². The average Bonchev–Trinajstić information content (AvgIpc) is 2.13. The monoisotopic (exact) mass is 219 g/mol. The highest BCUT2D eigenvalue weighted by Gasteiger charge is 2.00. The van der Waals surface area contributed by atoms with Crippen molar-refractivity contribution < 1.29 is 4.79 Å². The SMILES string of the molecule is CC(=O)Cc1cnc(Br)s1. The van der Waals surface area contributed by atoms with E-state index in [0.717, 1.165) is 8.79 Å². The van der Waals surface area contributed by atoms with Gasteiger partial charge in [0, 0.05) is 17.5 Å². The maximum absolute atomic E-state index is 10.6. The van der Waals surface area contributed by atoms with Gasteiger partial charge in [0.05, 0.1) is 0 Å². The summed E-state index contributed by atoms with van der Waals surface area (Å²) in [5.74, 6) is 0.177. The summed E-state index contributed by atoms with van der Waals surface area (Å²) in [4.78, 5) is 15.6. The van der Waals surface area contributed by atoms with Crippen molar-refractivity contribution in [3.63, 3.8) is 0 Å². The summed E-state index contributed by atoms with van der Waals surface area (Å²) >= 11 is 4.72. The van der Waals surface area contributed by atoms with Gasteiger partial charge in [-0.25, -0.2) is 4.98 Å². The lowest BCUT2D eigenvalue weighted by molar-refractivity contribution is -0.116. The number of ketones is 1. The number of carbonyl (C=O) groups excluding carboxylic acids is 1. The van der Waals surface area contributed by atoms with E-state index in [1.807, 2.05) is 0 Å². The van der Waals surface area contributed by atoms with E-state index in [1.165, 1.54) is 11.3 Å². The van der Waals surface area contributed by atoms with Gasteiger partial charge in [0.2, 0.25) is 0 Å². The molecule has 0 bridgehead atoms. The fourth-order valence-electron chi connectivity index (χ4n) is 0.611. The zero-order chi connectivity index (χ0) is 7.56. The molecule has 0 amide bonds. The molecule has 2 nitrogen and oxygen atoms in total. The van der Waals surface area contributed by atoms with Gasteiger partial charge in [-0.05, 0) is 22.9 Å². The molecular formula is C6H6BrNOS. The first kappa shape index (κ1) is 7.88. The number of hydrogen-bond donors (Lipinski definition) is 0. The lowest BCUT2D eigenvalue weighted by atomic mass is 10.3. The number of aromatic nitrogens is 1. The number of nitrogens with zero attached hydrogens (tertiary/aromatic N) is 1. The summed E-state index contributed by atoms with van der Waals surface area (Å²) in [6.07, 6.45) is 2.22. The number of thiazole rings is 1. The molecule has 0 radical (unpaired) electrons. The lowest BCUT2D eigenvalue weighted by Gasteiger charge is -1.85. The quantitative estimate of drug-likeness (QED) is 0.763.